The van der Waals surface area contributed by atoms with Crippen LogP contribution in [0.4, 0.5) is 5.69 Å². The molecule has 0 atom stereocenters. The zero-order valence-corrected chi connectivity index (χ0v) is 13.1. The Labute approximate surface area is 143 Å². The largest absolute Gasteiger partial charge is 0.324 e. The average Bonchev–Trinajstić information content (AvgIpc) is 3.36. The molecular weight excluding hydrogens is 316 g/mol. The van der Waals surface area contributed by atoms with Crippen LogP contribution in [0, 0.1) is 0 Å². The lowest BCUT2D eigenvalue weighted by molar-refractivity contribution is 0.102. The van der Waals surface area contributed by atoms with Crippen LogP contribution in [0.1, 0.15) is 10.4 Å². The summed E-state index contributed by atoms with van der Waals surface area (Å²) in [5.41, 5.74) is 2.21. The number of nitrogens with one attached hydrogen (secondary N) is 1. The summed E-state index contributed by atoms with van der Waals surface area (Å²) in [4.78, 5) is 16.6. The molecule has 0 spiro atoms. The first-order valence-electron chi connectivity index (χ1n) is 7.65. The van der Waals surface area contributed by atoms with E-state index < -0.39 is 0 Å². The van der Waals surface area contributed by atoms with Crippen LogP contribution in [0.2, 0.25) is 0 Å². The normalized spacial score (nSPS) is 10.6. The van der Waals surface area contributed by atoms with Crippen LogP contribution in [0.3, 0.4) is 0 Å². The van der Waals surface area contributed by atoms with Crippen molar-refractivity contribution in [1.29, 1.82) is 0 Å². The van der Waals surface area contributed by atoms with E-state index in [0.29, 0.717) is 17.1 Å². The number of rotatable bonds is 4. The molecule has 4 rings (SSSR count). The molecule has 0 fully saturated rings. The maximum absolute atomic E-state index is 12.4. The predicted octanol–water partition coefficient (Wildman–Crippen LogP) is 2.71. The van der Waals surface area contributed by atoms with E-state index in [2.05, 4.69) is 20.5 Å². The number of aromatic nitrogens is 5. The van der Waals surface area contributed by atoms with Crippen LogP contribution >= 0.6 is 0 Å². The van der Waals surface area contributed by atoms with Gasteiger partial charge in [0, 0.05) is 23.6 Å². The van der Waals surface area contributed by atoms with Crippen LogP contribution in [-0.4, -0.2) is 30.2 Å². The molecule has 122 valence electrons. The molecule has 4 aromatic rings. The van der Waals surface area contributed by atoms with Gasteiger partial charge >= 0.3 is 0 Å². The number of carbonyl (C=O) groups is 1. The minimum Gasteiger partial charge on any atom is -0.324 e. The highest BCUT2D eigenvalue weighted by molar-refractivity contribution is 6.04. The number of amides is 1. The molecule has 3 aromatic heterocycles. The molecular formula is C18H14N6O. The first-order chi connectivity index (χ1) is 12.3. The van der Waals surface area contributed by atoms with Crippen molar-refractivity contribution in [3.63, 3.8) is 0 Å². The average molecular weight is 330 g/mol. The molecule has 1 aromatic carbocycles. The Balaban J connectivity index is 1.46. The Morgan fingerprint density at radius 3 is 2.24 bits per heavy atom. The molecule has 0 aliphatic rings. The Morgan fingerprint density at radius 2 is 1.60 bits per heavy atom. The summed E-state index contributed by atoms with van der Waals surface area (Å²) < 4.78 is 3.67. The van der Waals surface area contributed by atoms with Gasteiger partial charge in [0.25, 0.3) is 5.91 Å². The summed E-state index contributed by atoms with van der Waals surface area (Å²) in [6, 6.07) is 14.9. The van der Waals surface area contributed by atoms with Gasteiger partial charge in [0.15, 0.2) is 0 Å². The van der Waals surface area contributed by atoms with Gasteiger partial charge in [-0.15, -0.1) is 10.2 Å². The fourth-order valence-corrected chi connectivity index (χ4v) is 2.43. The second-order valence-electron chi connectivity index (χ2n) is 5.37. The third-order valence-electron chi connectivity index (χ3n) is 3.72. The molecule has 3 heterocycles. The highest BCUT2D eigenvalue weighted by Crippen LogP contribution is 2.13. The summed E-state index contributed by atoms with van der Waals surface area (Å²) >= 11 is 0. The molecule has 1 amide bonds. The van der Waals surface area contributed by atoms with E-state index >= 15 is 0 Å². The van der Waals surface area contributed by atoms with Crippen molar-refractivity contribution in [3.8, 4) is 11.5 Å². The SMILES string of the molecule is O=C(Nc1ccc(-n2cnnc2)nc1)c1ccc(-n2cccc2)cc1. The number of hydrogen-bond acceptors (Lipinski definition) is 4. The standard InChI is InChI=1S/C18H14N6O/c25-18(14-3-6-16(7-4-14)23-9-1-2-10-23)22-15-5-8-17(19-11-15)24-12-20-21-13-24/h1-13H,(H,22,25). The van der Waals surface area contributed by atoms with Crippen molar-refractivity contribution < 1.29 is 4.79 Å². The second kappa shape index (κ2) is 6.40. The summed E-state index contributed by atoms with van der Waals surface area (Å²) in [7, 11) is 0. The second-order valence-corrected chi connectivity index (χ2v) is 5.37. The van der Waals surface area contributed by atoms with Crippen LogP contribution in [0.15, 0.2) is 79.8 Å². The molecule has 0 bridgehead atoms. The minimum absolute atomic E-state index is 0.182. The quantitative estimate of drug-likeness (QED) is 0.624. The maximum atomic E-state index is 12.4. The van der Waals surface area contributed by atoms with Crippen molar-refractivity contribution in [2.45, 2.75) is 0 Å². The molecule has 0 saturated heterocycles. The number of pyridine rings is 1. The van der Waals surface area contributed by atoms with E-state index in [1.54, 1.807) is 47.7 Å². The summed E-state index contributed by atoms with van der Waals surface area (Å²) in [5, 5.41) is 10.3. The molecule has 0 radical (unpaired) electrons. The van der Waals surface area contributed by atoms with Crippen molar-refractivity contribution in [2.75, 3.05) is 5.32 Å². The van der Waals surface area contributed by atoms with Gasteiger partial charge in [0.1, 0.15) is 18.5 Å². The van der Waals surface area contributed by atoms with Crippen LogP contribution in [0.25, 0.3) is 11.5 Å². The highest BCUT2D eigenvalue weighted by Gasteiger charge is 2.07. The smallest absolute Gasteiger partial charge is 0.255 e. The molecule has 1 N–H and O–H groups in total. The zero-order chi connectivity index (χ0) is 17.1. The highest BCUT2D eigenvalue weighted by atomic mass is 16.1. The summed E-state index contributed by atoms with van der Waals surface area (Å²) in [6.07, 6.45) is 8.64. The molecule has 7 heteroatoms. The third kappa shape index (κ3) is 3.16. The van der Waals surface area contributed by atoms with Crippen LogP contribution < -0.4 is 5.32 Å². The monoisotopic (exact) mass is 330 g/mol. The van der Waals surface area contributed by atoms with Gasteiger partial charge in [-0.1, -0.05) is 0 Å². The number of carbonyl (C=O) groups excluding carboxylic acids is 1. The van der Waals surface area contributed by atoms with Crippen molar-refractivity contribution in [3.05, 3.63) is 85.3 Å². The van der Waals surface area contributed by atoms with E-state index in [1.807, 2.05) is 41.2 Å². The van der Waals surface area contributed by atoms with Gasteiger partial charge in [-0.3, -0.25) is 9.36 Å². The Bertz CT molecular complexity index is 958. The van der Waals surface area contributed by atoms with E-state index in [9.17, 15) is 4.79 Å². The Hall–Kier alpha value is -3.74. The lowest BCUT2D eigenvalue weighted by Gasteiger charge is -2.07. The zero-order valence-electron chi connectivity index (χ0n) is 13.1. The van der Waals surface area contributed by atoms with Gasteiger partial charge in [-0.05, 0) is 48.5 Å². The number of nitrogens with zero attached hydrogens (tertiary/aromatic N) is 5. The number of benzene rings is 1. The topological polar surface area (TPSA) is 77.6 Å². The maximum Gasteiger partial charge on any atom is 0.255 e. The minimum atomic E-state index is -0.182. The van der Waals surface area contributed by atoms with E-state index in [0.717, 1.165) is 5.69 Å². The van der Waals surface area contributed by atoms with Crippen LogP contribution in [0.5, 0.6) is 0 Å². The number of anilines is 1. The first-order valence-corrected chi connectivity index (χ1v) is 7.65. The van der Waals surface area contributed by atoms with Gasteiger partial charge in [-0.25, -0.2) is 4.98 Å². The lowest BCUT2D eigenvalue weighted by atomic mass is 10.2. The van der Waals surface area contributed by atoms with Crippen molar-refractivity contribution >= 4 is 11.6 Å². The number of hydrogen-bond donors (Lipinski definition) is 1. The van der Waals surface area contributed by atoms with E-state index in [4.69, 9.17) is 0 Å². The molecule has 0 aliphatic heterocycles. The van der Waals surface area contributed by atoms with Gasteiger partial charge in [0.05, 0.1) is 11.9 Å². The van der Waals surface area contributed by atoms with Gasteiger partial charge in [-0.2, -0.15) is 0 Å². The van der Waals surface area contributed by atoms with Crippen LogP contribution in [-0.2, 0) is 0 Å². The molecule has 25 heavy (non-hydrogen) atoms. The summed E-state index contributed by atoms with van der Waals surface area (Å²) in [5.74, 6) is 0.497. The molecule has 0 saturated carbocycles. The summed E-state index contributed by atoms with van der Waals surface area (Å²) in [6.45, 7) is 0. The van der Waals surface area contributed by atoms with Gasteiger partial charge < -0.3 is 9.88 Å². The van der Waals surface area contributed by atoms with Crippen molar-refractivity contribution in [1.82, 2.24) is 24.3 Å². The lowest BCUT2D eigenvalue weighted by Crippen LogP contribution is -2.12. The van der Waals surface area contributed by atoms with Gasteiger partial charge in [0.2, 0.25) is 0 Å². The fraction of sp³-hybridized carbons (Fsp3) is 0. The van der Waals surface area contributed by atoms with E-state index in [-0.39, 0.29) is 5.91 Å². The van der Waals surface area contributed by atoms with E-state index in [1.165, 1.54) is 0 Å². The van der Waals surface area contributed by atoms with Crippen molar-refractivity contribution in [2.24, 2.45) is 0 Å². The molecule has 0 aliphatic carbocycles. The third-order valence-corrected chi connectivity index (χ3v) is 3.72. The Kier molecular flexibility index (Phi) is 3.80. The Morgan fingerprint density at radius 1 is 0.880 bits per heavy atom. The molecule has 0 unspecified atom stereocenters. The molecule has 7 nitrogen and oxygen atoms in total. The first kappa shape index (κ1) is 14.8. The predicted molar refractivity (Wildman–Crippen MR) is 92.9 cm³/mol. The fourth-order valence-electron chi connectivity index (χ4n) is 2.43.